The summed E-state index contributed by atoms with van der Waals surface area (Å²) in [6.45, 7) is 0.872. The fourth-order valence-corrected chi connectivity index (χ4v) is 3.46. The number of halogens is 4. The third-order valence-electron chi connectivity index (χ3n) is 4.32. The zero-order valence-corrected chi connectivity index (χ0v) is 16.1. The number of carboxylic acid groups (broad SMARTS) is 1. The second-order valence-electron chi connectivity index (χ2n) is 6.20. The zero-order valence-electron chi connectivity index (χ0n) is 14.5. The zero-order chi connectivity index (χ0) is 20.3. The van der Waals surface area contributed by atoms with E-state index >= 15 is 0 Å². The quantitative estimate of drug-likeness (QED) is 0.636. The van der Waals surface area contributed by atoms with Crippen LogP contribution in [-0.2, 0) is 6.18 Å². The molecule has 1 saturated heterocycles. The smallest absolute Gasteiger partial charge is 0.417 e. The van der Waals surface area contributed by atoms with E-state index in [1.807, 2.05) is 6.07 Å². The van der Waals surface area contributed by atoms with Crippen LogP contribution in [0.25, 0.3) is 4.48 Å². The number of hydrogen-bond acceptors (Lipinski definition) is 3. The Kier molecular flexibility index (Phi) is 5.93. The Labute approximate surface area is 167 Å². The molecule has 0 aliphatic carbocycles. The molecule has 2 heterocycles. The van der Waals surface area contributed by atoms with Crippen LogP contribution in [0.2, 0.25) is 0 Å². The van der Waals surface area contributed by atoms with Crippen LogP contribution in [0.15, 0.2) is 48.2 Å². The lowest BCUT2D eigenvalue weighted by molar-refractivity contribution is -0.137. The van der Waals surface area contributed by atoms with Crippen LogP contribution in [0.3, 0.4) is 0 Å². The Morgan fingerprint density at radius 2 is 1.89 bits per heavy atom. The van der Waals surface area contributed by atoms with Crippen LogP contribution in [-0.4, -0.2) is 34.2 Å². The van der Waals surface area contributed by atoms with Crippen molar-refractivity contribution in [1.29, 1.82) is 0 Å². The first-order valence-electron chi connectivity index (χ1n) is 8.41. The summed E-state index contributed by atoms with van der Waals surface area (Å²) in [5.74, 6) is 0.494. The maximum atomic E-state index is 12.6. The lowest BCUT2D eigenvalue weighted by Crippen LogP contribution is -2.35. The summed E-state index contributed by atoms with van der Waals surface area (Å²) < 4.78 is 44.2. The summed E-state index contributed by atoms with van der Waals surface area (Å²) in [7, 11) is 0. The van der Waals surface area contributed by atoms with Crippen LogP contribution in [0.1, 0.15) is 24.0 Å². The number of ether oxygens (including phenoxy) is 1. The summed E-state index contributed by atoms with van der Waals surface area (Å²) in [4.78, 5) is 16.1. The fraction of sp³-hybridized carbons (Fsp3) is 0.263. The summed E-state index contributed by atoms with van der Waals surface area (Å²) in [5, 5.41) is 9.03. The molecule has 0 bridgehead atoms. The first-order valence-corrected chi connectivity index (χ1v) is 9.20. The molecule has 1 N–H and O–H groups in total. The lowest BCUT2D eigenvalue weighted by atomic mass is 10.0. The maximum Gasteiger partial charge on any atom is 0.417 e. The lowest BCUT2D eigenvalue weighted by Gasteiger charge is -2.26. The van der Waals surface area contributed by atoms with Crippen molar-refractivity contribution < 1.29 is 27.8 Å². The van der Waals surface area contributed by atoms with Gasteiger partial charge >= 0.3 is 12.3 Å². The first-order chi connectivity index (χ1) is 13.2. The first kappa shape index (κ1) is 20.2. The van der Waals surface area contributed by atoms with Crippen LogP contribution in [0.4, 0.5) is 18.0 Å². The van der Waals surface area contributed by atoms with Crippen molar-refractivity contribution in [1.82, 2.24) is 9.88 Å². The van der Waals surface area contributed by atoms with E-state index in [-0.39, 0.29) is 5.88 Å². The highest BCUT2D eigenvalue weighted by Gasteiger charge is 2.30. The van der Waals surface area contributed by atoms with Gasteiger partial charge in [-0.3, -0.25) is 0 Å². The van der Waals surface area contributed by atoms with Crippen LogP contribution in [0.5, 0.6) is 11.6 Å². The van der Waals surface area contributed by atoms with Crippen molar-refractivity contribution >= 4 is 26.5 Å². The van der Waals surface area contributed by atoms with Gasteiger partial charge in [-0.15, -0.1) is 0 Å². The number of alkyl halides is 3. The van der Waals surface area contributed by atoms with Crippen molar-refractivity contribution in [2.45, 2.75) is 19.0 Å². The predicted octanol–water partition coefficient (Wildman–Crippen LogP) is 5.77. The molecule has 0 spiro atoms. The van der Waals surface area contributed by atoms with Gasteiger partial charge in [0.1, 0.15) is 5.75 Å². The van der Waals surface area contributed by atoms with Gasteiger partial charge in [-0.2, -0.15) is 13.2 Å². The van der Waals surface area contributed by atoms with Crippen molar-refractivity contribution in [3.8, 4) is 11.6 Å². The van der Waals surface area contributed by atoms with E-state index in [4.69, 9.17) is 9.84 Å². The molecule has 1 aromatic heterocycles. The van der Waals surface area contributed by atoms with Gasteiger partial charge in [0.2, 0.25) is 5.88 Å². The number of piperidine rings is 1. The standard InChI is InChI=1S/C19H16BrF3N2O3/c20-17(12-6-8-25(9-7-12)18(26)27)13-2-1-3-15(10-13)28-16-5-4-14(11-24-16)19(21,22)23/h1-5,10-11H,6-9H2,(H,26,27). The highest BCUT2D eigenvalue weighted by atomic mass is 79.9. The fourth-order valence-electron chi connectivity index (χ4n) is 2.82. The Morgan fingerprint density at radius 3 is 2.46 bits per heavy atom. The Morgan fingerprint density at radius 1 is 1.18 bits per heavy atom. The molecule has 148 valence electrons. The molecule has 5 nitrogen and oxygen atoms in total. The van der Waals surface area contributed by atoms with Gasteiger partial charge in [-0.25, -0.2) is 9.78 Å². The van der Waals surface area contributed by atoms with E-state index in [1.165, 1.54) is 11.0 Å². The van der Waals surface area contributed by atoms with E-state index in [0.29, 0.717) is 31.7 Å². The number of aromatic nitrogens is 1. The molecule has 1 aliphatic heterocycles. The number of benzene rings is 1. The van der Waals surface area contributed by atoms with Crippen molar-refractivity contribution in [2.75, 3.05) is 13.1 Å². The average Bonchev–Trinajstić information content (AvgIpc) is 2.67. The Bertz CT molecular complexity index is 888. The number of amides is 1. The number of carbonyl (C=O) groups is 1. The van der Waals surface area contributed by atoms with E-state index in [0.717, 1.165) is 27.9 Å². The highest BCUT2D eigenvalue weighted by molar-refractivity contribution is 9.15. The molecule has 0 atom stereocenters. The molecule has 0 radical (unpaired) electrons. The Hall–Kier alpha value is -2.55. The number of likely N-dealkylation sites (tertiary alicyclic amines) is 1. The van der Waals surface area contributed by atoms with Crippen molar-refractivity contribution in [2.24, 2.45) is 0 Å². The summed E-state index contributed by atoms with van der Waals surface area (Å²) in [6.07, 6.45) is -3.39. The molecule has 1 fully saturated rings. The normalized spacial score (nSPS) is 14.7. The molecule has 1 aliphatic rings. The van der Waals surface area contributed by atoms with E-state index in [2.05, 4.69) is 20.9 Å². The molecule has 9 heteroatoms. The minimum absolute atomic E-state index is 0.0590. The minimum atomic E-state index is -4.45. The second kappa shape index (κ2) is 8.22. The van der Waals surface area contributed by atoms with Crippen LogP contribution < -0.4 is 4.74 Å². The second-order valence-corrected chi connectivity index (χ2v) is 6.99. The van der Waals surface area contributed by atoms with Gasteiger partial charge in [-0.1, -0.05) is 33.6 Å². The minimum Gasteiger partial charge on any atom is -0.465 e. The molecule has 2 aromatic rings. The van der Waals surface area contributed by atoms with Gasteiger partial charge in [0.15, 0.2) is 0 Å². The van der Waals surface area contributed by atoms with E-state index in [1.54, 1.807) is 18.2 Å². The monoisotopic (exact) mass is 456 g/mol. The molecule has 3 rings (SSSR count). The molecule has 1 aromatic carbocycles. The predicted molar refractivity (Wildman–Crippen MR) is 100 cm³/mol. The topological polar surface area (TPSA) is 62.7 Å². The molecule has 28 heavy (non-hydrogen) atoms. The van der Waals surface area contributed by atoms with Crippen molar-refractivity contribution in [3.63, 3.8) is 0 Å². The van der Waals surface area contributed by atoms with E-state index < -0.39 is 17.8 Å². The van der Waals surface area contributed by atoms with Gasteiger partial charge in [0.05, 0.1) is 5.56 Å². The molecular formula is C19H16BrF3N2O3. The van der Waals surface area contributed by atoms with Gasteiger partial charge in [-0.05, 0) is 36.6 Å². The summed E-state index contributed by atoms with van der Waals surface area (Å²) in [5.41, 5.74) is 1.10. The molecule has 0 saturated carbocycles. The molecule has 0 unspecified atom stereocenters. The third-order valence-corrected chi connectivity index (χ3v) is 5.34. The number of nitrogens with zero attached hydrogens (tertiary/aromatic N) is 2. The number of pyridine rings is 1. The van der Waals surface area contributed by atoms with Gasteiger partial charge < -0.3 is 14.7 Å². The average molecular weight is 457 g/mol. The maximum absolute atomic E-state index is 12.6. The Balaban J connectivity index is 1.74. The SMILES string of the molecule is O=C(O)N1CCC(=C(Br)c2cccc(Oc3ccc(C(F)(F)F)cn3)c2)CC1. The number of hydrogen-bond donors (Lipinski definition) is 1. The summed E-state index contributed by atoms with van der Waals surface area (Å²) >= 11 is 3.57. The van der Waals surface area contributed by atoms with Crippen LogP contribution >= 0.6 is 15.9 Å². The molecule has 1 amide bonds. The van der Waals surface area contributed by atoms with Gasteiger partial charge in [0, 0.05) is 29.8 Å². The van der Waals surface area contributed by atoms with Crippen LogP contribution in [0, 0.1) is 0 Å². The molecular weight excluding hydrogens is 441 g/mol. The largest absolute Gasteiger partial charge is 0.465 e. The highest BCUT2D eigenvalue weighted by Crippen LogP contribution is 2.34. The third kappa shape index (κ3) is 4.83. The summed E-state index contributed by atoms with van der Waals surface area (Å²) in [6, 6.07) is 9.16. The van der Waals surface area contributed by atoms with Crippen molar-refractivity contribution in [3.05, 3.63) is 59.3 Å². The number of rotatable bonds is 3. The van der Waals surface area contributed by atoms with E-state index in [9.17, 15) is 18.0 Å². The van der Waals surface area contributed by atoms with Gasteiger partial charge in [0.25, 0.3) is 0 Å².